The SMILES string of the molecule is CCCCCCn1nnc(C(=O)O)c1C1CCC1. The summed E-state index contributed by atoms with van der Waals surface area (Å²) in [6.07, 6.45) is 7.97. The first-order valence-corrected chi connectivity index (χ1v) is 6.90. The molecule has 1 N–H and O–H groups in total. The van der Waals surface area contributed by atoms with Crippen LogP contribution in [-0.2, 0) is 6.54 Å². The number of rotatable bonds is 7. The van der Waals surface area contributed by atoms with Gasteiger partial charge < -0.3 is 5.11 Å². The molecular formula is C13H21N3O2. The Balaban J connectivity index is 2.06. The van der Waals surface area contributed by atoms with Gasteiger partial charge in [-0.2, -0.15) is 0 Å². The van der Waals surface area contributed by atoms with Gasteiger partial charge in [-0.1, -0.05) is 37.8 Å². The van der Waals surface area contributed by atoms with E-state index in [2.05, 4.69) is 17.2 Å². The zero-order valence-electron chi connectivity index (χ0n) is 10.9. The summed E-state index contributed by atoms with van der Waals surface area (Å²) < 4.78 is 1.82. The van der Waals surface area contributed by atoms with Crippen molar-refractivity contribution in [1.29, 1.82) is 0 Å². The molecule has 1 aliphatic rings. The van der Waals surface area contributed by atoms with Gasteiger partial charge >= 0.3 is 5.97 Å². The van der Waals surface area contributed by atoms with Gasteiger partial charge in [-0.15, -0.1) is 5.10 Å². The summed E-state index contributed by atoms with van der Waals surface area (Å²) in [4.78, 5) is 11.1. The van der Waals surface area contributed by atoms with Gasteiger partial charge in [-0.05, 0) is 19.3 Å². The van der Waals surface area contributed by atoms with Crippen molar-refractivity contribution in [3.05, 3.63) is 11.4 Å². The van der Waals surface area contributed by atoms with E-state index in [9.17, 15) is 4.79 Å². The van der Waals surface area contributed by atoms with Gasteiger partial charge in [-0.25, -0.2) is 9.48 Å². The van der Waals surface area contributed by atoms with Crippen LogP contribution >= 0.6 is 0 Å². The fourth-order valence-corrected chi connectivity index (χ4v) is 2.41. The molecule has 1 aliphatic carbocycles. The normalized spacial score (nSPS) is 15.6. The molecule has 5 heteroatoms. The number of hydrogen-bond donors (Lipinski definition) is 1. The van der Waals surface area contributed by atoms with Gasteiger partial charge in [0, 0.05) is 12.5 Å². The highest BCUT2D eigenvalue weighted by Crippen LogP contribution is 2.37. The quantitative estimate of drug-likeness (QED) is 0.757. The smallest absolute Gasteiger partial charge is 0.358 e. The Bertz CT molecular complexity index is 410. The minimum absolute atomic E-state index is 0.162. The maximum Gasteiger partial charge on any atom is 0.358 e. The van der Waals surface area contributed by atoms with Crippen LogP contribution in [0, 0.1) is 0 Å². The molecule has 1 aromatic heterocycles. The first-order valence-electron chi connectivity index (χ1n) is 6.90. The van der Waals surface area contributed by atoms with Crippen molar-refractivity contribution < 1.29 is 9.90 Å². The van der Waals surface area contributed by atoms with Crippen molar-refractivity contribution in [1.82, 2.24) is 15.0 Å². The van der Waals surface area contributed by atoms with Crippen molar-refractivity contribution in [2.75, 3.05) is 0 Å². The molecule has 1 saturated carbocycles. The Morgan fingerprint density at radius 3 is 2.72 bits per heavy atom. The molecule has 0 saturated heterocycles. The minimum Gasteiger partial charge on any atom is -0.476 e. The summed E-state index contributed by atoms with van der Waals surface area (Å²) in [7, 11) is 0. The van der Waals surface area contributed by atoms with Crippen molar-refractivity contribution in [2.45, 2.75) is 64.3 Å². The predicted molar refractivity (Wildman–Crippen MR) is 67.7 cm³/mol. The van der Waals surface area contributed by atoms with Crippen LogP contribution in [-0.4, -0.2) is 26.1 Å². The lowest BCUT2D eigenvalue weighted by molar-refractivity contribution is 0.0687. The number of aryl methyl sites for hydroxylation is 1. The van der Waals surface area contributed by atoms with E-state index in [1.165, 1.54) is 25.7 Å². The molecule has 0 spiro atoms. The molecule has 18 heavy (non-hydrogen) atoms. The Hall–Kier alpha value is -1.39. The summed E-state index contributed by atoms with van der Waals surface area (Å²) >= 11 is 0. The van der Waals surface area contributed by atoms with E-state index in [0.717, 1.165) is 31.5 Å². The average Bonchev–Trinajstić information content (AvgIpc) is 2.66. The second-order valence-electron chi connectivity index (χ2n) is 5.04. The molecule has 1 fully saturated rings. The van der Waals surface area contributed by atoms with E-state index in [1.807, 2.05) is 4.68 Å². The van der Waals surface area contributed by atoms with Gasteiger partial charge in [0.15, 0.2) is 5.69 Å². The highest BCUT2D eigenvalue weighted by atomic mass is 16.4. The summed E-state index contributed by atoms with van der Waals surface area (Å²) in [6.45, 7) is 2.98. The monoisotopic (exact) mass is 251 g/mol. The second kappa shape index (κ2) is 5.98. The van der Waals surface area contributed by atoms with Gasteiger partial charge in [-0.3, -0.25) is 0 Å². The van der Waals surface area contributed by atoms with Gasteiger partial charge in [0.1, 0.15) is 0 Å². The summed E-state index contributed by atoms with van der Waals surface area (Å²) in [5.41, 5.74) is 1.01. The zero-order chi connectivity index (χ0) is 13.0. The van der Waals surface area contributed by atoms with E-state index in [4.69, 9.17) is 5.11 Å². The van der Waals surface area contributed by atoms with E-state index in [1.54, 1.807) is 0 Å². The number of carboxylic acid groups (broad SMARTS) is 1. The molecule has 0 radical (unpaired) electrons. The lowest BCUT2D eigenvalue weighted by Gasteiger charge is -2.26. The topological polar surface area (TPSA) is 68.0 Å². The number of nitrogens with zero attached hydrogens (tertiary/aromatic N) is 3. The summed E-state index contributed by atoms with van der Waals surface area (Å²) in [5, 5.41) is 17.0. The summed E-state index contributed by atoms with van der Waals surface area (Å²) in [5.74, 6) is -0.589. The number of hydrogen-bond acceptors (Lipinski definition) is 3. The van der Waals surface area contributed by atoms with E-state index in [0.29, 0.717) is 5.92 Å². The molecule has 0 unspecified atom stereocenters. The number of carbonyl (C=O) groups is 1. The number of aromatic nitrogens is 3. The van der Waals surface area contributed by atoms with Crippen LogP contribution in [0.5, 0.6) is 0 Å². The number of aromatic carboxylic acids is 1. The molecule has 2 rings (SSSR count). The van der Waals surface area contributed by atoms with Crippen LogP contribution in [0.1, 0.15) is 74.0 Å². The fraction of sp³-hybridized carbons (Fsp3) is 0.769. The molecule has 0 bridgehead atoms. The molecule has 0 aliphatic heterocycles. The molecule has 1 aromatic rings. The van der Waals surface area contributed by atoms with Crippen molar-refractivity contribution in [3.63, 3.8) is 0 Å². The number of unbranched alkanes of at least 4 members (excludes halogenated alkanes) is 3. The molecule has 0 amide bonds. The third-order valence-corrected chi connectivity index (χ3v) is 3.69. The Morgan fingerprint density at radius 2 is 2.17 bits per heavy atom. The van der Waals surface area contributed by atoms with Crippen LogP contribution in [0.25, 0.3) is 0 Å². The van der Waals surface area contributed by atoms with Gasteiger partial charge in [0.2, 0.25) is 0 Å². The first-order chi connectivity index (χ1) is 8.74. The molecular weight excluding hydrogens is 230 g/mol. The lowest BCUT2D eigenvalue weighted by atomic mass is 9.82. The minimum atomic E-state index is -0.947. The van der Waals surface area contributed by atoms with Crippen LogP contribution < -0.4 is 0 Å². The largest absolute Gasteiger partial charge is 0.476 e. The highest BCUT2D eigenvalue weighted by Gasteiger charge is 2.30. The maximum absolute atomic E-state index is 11.1. The lowest BCUT2D eigenvalue weighted by Crippen LogP contribution is -2.18. The standard InChI is InChI=1S/C13H21N3O2/c1-2-3-4-5-9-16-12(10-7-6-8-10)11(13(17)18)14-15-16/h10H,2-9H2,1H3,(H,17,18). The van der Waals surface area contributed by atoms with Crippen molar-refractivity contribution in [2.24, 2.45) is 0 Å². The van der Waals surface area contributed by atoms with Crippen LogP contribution in [0.15, 0.2) is 0 Å². The number of carboxylic acids is 1. The second-order valence-corrected chi connectivity index (χ2v) is 5.04. The Kier molecular flexibility index (Phi) is 4.33. The Morgan fingerprint density at radius 1 is 1.39 bits per heavy atom. The average molecular weight is 251 g/mol. The molecule has 0 aromatic carbocycles. The zero-order valence-corrected chi connectivity index (χ0v) is 10.9. The summed E-state index contributed by atoms with van der Waals surface area (Å²) in [6, 6.07) is 0. The molecule has 0 atom stereocenters. The van der Waals surface area contributed by atoms with Crippen LogP contribution in [0.2, 0.25) is 0 Å². The van der Waals surface area contributed by atoms with Crippen molar-refractivity contribution >= 4 is 5.97 Å². The Labute approximate surface area is 107 Å². The third kappa shape index (κ3) is 2.71. The van der Waals surface area contributed by atoms with Gasteiger partial charge in [0.05, 0.1) is 5.69 Å². The van der Waals surface area contributed by atoms with Crippen LogP contribution in [0.4, 0.5) is 0 Å². The fourth-order valence-electron chi connectivity index (χ4n) is 2.41. The van der Waals surface area contributed by atoms with Crippen LogP contribution in [0.3, 0.4) is 0 Å². The van der Waals surface area contributed by atoms with E-state index in [-0.39, 0.29) is 5.69 Å². The molecule has 100 valence electrons. The predicted octanol–water partition coefficient (Wildman–Crippen LogP) is 2.82. The molecule has 1 heterocycles. The maximum atomic E-state index is 11.1. The van der Waals surface area contributed by atoms with E-state index >= 15 is 0 Å². The highest BCUT2D eigenvalue weighted by molar-refractivity contribution is 5.86. The van der Waals surface area contributed by atoms with Crippen molar-refractivity contribution in [3.8, 4) is 0 Å². The molecule has 5 nitrogen and oxygen atoms in total. The van der Waals surface area contributed by atoms with Gasteiger partial charge in [0.25, 0.3) is 0 Å². The first kappa shape index (κ1) is 13.1. The van der Waals surface area contributed by atoms with E-state index < -0.39 is 5.97 Å². The third-order valence-electron chi connectivity index (χ3n) is 3.69.